The lowest BCUT2D eigenvalue weighted by atomic mass is 9.54. The van der Waals surface area contributed by atoms with Gasteiger partial charge in [0.2, 0.25) is 5.91 Å². The largest absolute Gasteiger partial charge is 0.378 e. The highest BCUT2D eigenvalue weighted by Gasteiger charge is 2.62. The summed E-state index contributed by atoms with van der Waals surface area (Å²) in [6.45, 7) is 8.56. The summed E-state index contributed by atoms with van der Waals surface area (Å²) in [6, 6.07) is 9.73. The van der Waals surface area contributed by atoms with Crippen LogP contribution in [-0.2, 0) is 9.53 Å². The van der Waals surface area contributed by atoms with Crippen molar-refractivity contribution >= 4 is 5.91 Å². The highest BCUT2D eigenvalue weighted by atomic mass is 16.5. The Morgan fingerprint density at radius 1 is 1.42 bits per heavy atom. The lowest BCUT2D eigenvalue weighted by Crippen LogP contribution is -2.75. The first-order chi connectivity index (χ1) is 12.3. The normalized spacial score (nSPS) is 25.3. The minimum absolute atomic E-state index is 0.0203. The van der Waals surface area contributed by atoms with Gasteiger partial charge in [-0.2, -0.15) is 5.10 Å². The van der Waals surface area contributed by atoms with E-state index in [1.165, 1.54) is 0 Å². The maximum atomic E-state index is 12.8. The molecule has 26 heavy (non-hydrogen) atoms. The van der Waals surface area contributed by atoms with Crippen molar-refractivity contribution in [2.45, 2.75) is 51.8 Å². The summed E-state index contributed by atoms with van der Waals surface area (Å²) in [7, 11) is 0. The van der Waals surface area contributed by atoms with Crippen LogP contribution in [0.1, 0.15) is 45.7 Å². The van der Waals surface area contributed by atoms with Crippen LogP contribution in [0.3, 0.4) is 0 Å². The van der Waals surface area contributed by atoms with E-state index in [-0.39, 0.29) is 18.1 Å². The van der Waals surface area contributed by atoms with E-state index in [2.05, 4.69) is 10.4 Å². The number of carbonyl (C=O) groups excluding carboxylic acids is 1. The van der Waals surface area contributed by atoms with Crippen molar-refractivity contribution in [1.29, 1.82) is 0 Å². The maximum absolute atomic E-state index is 12.8. The van der Waals surface area contributed by atoms with Crippen LogP contribution in [-0.4, -0.2) is 33.9 Å². The predicted octanol–water partition coefficient (Wildman–Crippen LogP) is 2.58. The van der Waals surface area contributed by atoms with Gasteiger partial charge in [0, 0.05) is 30.8 Å². The first kappa shape index (κ1) is 18.6. The second-order valence-corrected chi connectivity index (χ2v) is 7.58. The molecule has 1 aliphatic carbocycles. The molecule has 1 aliphatic rings. The van der Waals surface area contributed by atoms with Gasteiger partial charge in [-0.15, -0.1) is 0 Å². The number of nitrogens with one attached hydrogen (secondary N) is 1. The summed E-state index contributed by atoms with van der Waals surface area (Å²) >= 11 is 0. The monoisotopic (exact) mass is 356 g/mol. The lowest BCUT2D eigenvalue weighted by Gasteiger charge is -2.57. The Balaban J connectivity index is 1.66. The van der Waals surface area contributed by atoms with E-state index >= 15 is 0 Å². The molecular weight excluding hydrogens is 328 g/mol. The van der Waals surface area contributed by atoms with Gasteiger partial charge in [-0.1, -0.05) is 26.0 Å². The molecule has 140 valence electrons. The average molecular weight is 356 g/mol. The average Bonchev–Trinajstić information content (AvgIpc) is 3.16. The number of aromatic nitrogens is 2. The lowest BCUT2D eigenvalue weighted by molar-refractivity contribution is -0.171. The molecule has 1 saturated carbocycles. The smallest absolute Gasteiger partial charge is 0.241 e. The van der Waals surface area contributed by atoms with E-state index in [0.29, 0.717) is 13.0 Å². The summed E-state index contributed by atoms with van der Waals surface area (Å²) in [5.74, 6) is -0.123. The number of carbonyl (C=O) groups is 1. The van der Waals surface area contributed by atoms with Crippen molar-refractivity contribution in [2.24, 2.45) is 11.1 Å². The van der Waals surface area contributed by atoms with E-state index < -0.39 is 11.0 Å². The van der Waals surface area contributed by atoms with Gasteiger partial charge in [-0.3, -0.25) is 4.79 Å². The zero-order valence-electron chi connectivity index (χ0n) is 15.9. The van der Waals surface area contributed by atoms with Crippen molar-refractivity contribution in [3.8, 4) is 5.69 Å². The number of benzene rings is 1. The van der Waals surface area contributed by atoms with Crippen LogP contribution in [0.15, 0.2) is 42.7 Å². The Labute approximate surface area is 154 Å². The van der Waals surface area contributed by atoms with Crippen LogP contribution in [0.4, 0.5) is 0 Å². The molecule has 0 aliphatic heterocycles. The van der Waals surface area contributed by atoms with E-state index in [1.54, 1.807) is 10.9 Å². The molecule has 6 nitrogen and oxygen atoms in total. The number of hydrogen-bond acceptors (Lipinski definition) is 4. The minimum atomic E-state index is -0.907. The minimum Gasteiger partial charge on any atom is -0.378 e. The third kappa shape index (κ3) is 3.04. The summed E-state index contributed by atoms with van der Waals surface area (Å²) in [4.78, 5) is 12.8. The fourth-order valence-electron chi connectivity index (χ4n) is 3.57. The summed E-state index contributed by atoms with van der Waals surface area (Å²) in [5, 5.41) is 7.29. The van der Waals surface area contributed by atoms with Gasteiger partial charge in [0.25, 0.3) is 0 Å². The highest BCUT2D eigenvalue weighted by Crippen LogP contribution is 2.50. The first-order valence-electron chi connectivity index (χ1n) is 9.11. The van der Waals surface area contributed by atoms with Crippen molar-refractivity contribution in [3.05, 3.63) is 48.3 Å². The predicted molar refractivity (Wildman–Crippen MR) is 101 cm³/mol. The molecule has 1 heterocycles. The second-order valence-electron chi connectivity index (χ2n) is 7.58. The Bertz CT molecular complexity index is 755. The molecule has 0 bridgehead atoms. The molecule has 1 amide bonds. The molecule has 0 spiro atoms. The molecule has 1 aromatic carbocycles. The van der Waals surface area contributed by atoms with Crippen molar-refractivity contribution in [2.75, 3.05) is 6.61 Å². The molecule has 3 rings (SSSR count). The van der Waals surface area contributed by atoms with E-state index in [1.807, 2.05) is 64.2 Å². The SMILES string of the molecule is CCOC1CC(N)(C(=O)NC(C)c2ccc(-n3cccn3)cc2)C1(C)C. The quantitative estimate of drug-likeness (QED) is 0.833. The zero-order chi connectivity index (χ0) is 18.9. The number of amides is 1. The molecule has 0 radical (unpaired) electrons. The van der Waals surface area contributed by atoms with Gasteiger partial charge >= 0.3 is 0 Å². The molecule has 2 aromatic rings. The van der Waals surface area contributed by atoms with Crippen LogP contribution in [0.5, 0.6) is 0 Å². The van der Waals surface area contributed by atoms with Gasteiger partial charge < -0.3 is 15.8 Å². The maximum Gasteiger partial charge on any atom is 0.241 e. The van der Waals surface area contributed by atoms with Gasteiger partial charge in [-0.05, 0) is 37.6 Å². The van der Waals surface area contributed by atoms with E-state index in [9.17, 15) is 4.79 Å². The van der Waals surface area contributed by atoms with Crippen LogP contribution < -0.4 is 11.1 Å². The first-order valence-corrected chi connectivity index (χ1v) is 9.11. The molecule has 3 N–H and O–H groups in total. The summed E-state index contributed by atoms with van der Waals surface area (Å²) in [5.41, 5.74) is 7.16. The molecule has 0 saturated heterocycles. The Kier molecular flexibility index (Phi) is 4.90. The van der Waals surface area contributed by atoms with Crippen LogP contribution in [0, 0.1) is 5.41 Å². The van der Waals surface area contributed by atoms with Gasteiger partial charge in [0.1, 0.15) is 5.54 Å². The van der Waals surface area contributed by atoms with Crippen LogP contribution in [0.2, 0.25) is 0 Å². The van der Waals surface area contributed by atoms with Crippen LogP contribution in [0.25, 0.3) is 5.69 Å². The third-order valence-electron chi connectivity index (χ3n) is 5.74. The fraction of sp³-hybridized carbons (Fsp3) is 0.500. The summed E-state index contributed by atoms with van der Waals surface area (Å²) in [6.07, 6.45) is 4.20. The molecule has 3 unspecified atom stereocenters. The molecule has 3 atom stereocenters. The third-order valence-corrected chi connectivity index (χ3v) is 5.74. The second kappa shape index (κ2) is 6.85. The standard InChI is InChI=1S/C20H28N4O2/c1-5-26-17-13-20(21,19(17,3)4)18(25)23-14(2)15-7-9-16(10-8-15)24-12-6-11-22-24/h6-12,14,17H,5,13,21H2,1-4H3,(H,23,25). The number of nitrogens with zero attached hydrogens (tertiary/aromatic N) is 2. The molecule has 6 heteroatoms. The molecule has 1 fully saturated rings. The Hall–Kier alpha value is -2.18. The number of rotatable bonds is 6. The van der Waals surface area contributed by atoms with Crippen LogP contribution >= 0.6 is 0 Å². The topological polar surface area (TPSA) is 82.2 Å². The van der Waals surface area contributed by atoms with Gasteiger partial charge in [0.05, 0.1) is 17.8 Å². The molecular formula is C20H28N4O2. The van der Waals surface area contributed by atoms with E-state index in [0.717, 1.165) is 11.3 Å². The zero-order valence-corrected chi connectivity index (χ0v) is 15.9. The molecule has 1 aromatic heterocycles. The van der Waals surface area contributed by atoms with Gasteiger partial charge in [-0.25, -0.2) is 4.68 Å². The number of hydrogen-bond donors (Lipinski definition) is 2. The van der Waals surface area contributed by atoms with Crippen molar-refractivity contribution in [1.82, 2.24) is 15.1 Å². The fourth-order valence-corrected chi connectivity index (χ4v) is 3.57. The Morgan fingerprint density at radius 2 is 2.12 bits per heavy atom. The number of nitrogens with two attached hydrogens (primary N) is 1. The number of ether oxygens (including phenoxy) is 1. The van der Waals surface area contributed by atoms with Crippen molar-refractivity contribution < 1.29 is 9.53 Å². The summed E-state index contributed by atoms with van der Waals surface area (Å²) < 4.78 is 7.51. The Morgan fingerprint density at radius 3 is 2.65 bits per heavy atom. The van der Waals surface area contributed by atoms with Gasteiger partial charge in [0.15, 0.2) is 0 Å². The van der Waals surface area contributed by atoms with E-state index in [4.69, 9.17) is 10.5 Å². The van der Waals surface area contributed by atoms with Crippen molar-refractivity contribution in [3.63, 3.8) is 0 Å². The highest BCUT2D eigenvalue weighted by molar-refractivity contribution is 5.89.